The maximum Gasteiger partial charge on any atom is 0.191 e. The third kappa shape index (κ3) is 6.10. The molecule has 3 rings (SSSR count). The Balaban J connectivity index is 1.43. The lowest BCUT2D eigenvalue weighted by atomic mass is 10.1. The molecule has 1 aliphatic heterocycles. The van der Waals surface area contributed by atoms with Crippen molar-refractivity contribution in [3.05, 3.63) is 65.7 Å². The lowest BCUT2D eigenvalue weighted by molar-refractivity contribution is 0.241. The molecule has 5 nitrogen and oxygen atoms in total. The summed E-state index contributed by atoms with van der Waals surface area (Å²) < 4.78 is 18.2. The Morgan fingerprint density at radius 2 is 1.93 bits per heavy atom. The van der Waals surface area contributed by atoms with Gasteiger partial charge in [0.05, 0.1) is 6.54 Å². The molecular weight excluding hydrogens is 358 g/mol. The lowest BCUT2D eigenvalue weighted by Crippen LogP contribution is -2.40. The summed E-state index contributed by atoms with van der Waals surface area (Å²) >= 11 is 0. The summed E-state index contributed by atoms with van der Waals surface area (Å²) in [6, 6.07) is 18.1. The van der Waals surface area contributed by atoms with Gasteiger partial charge in [-0.05, 0) is 24.1 Å². The van der Waals surface area contributed by atoms with E-state index in [0.717, 1.165) is 30.2 Å². The smallest absolute Gasteiger partial charge is 0.191 e. The second-order valence-electron chi connectivity index (χ2n) is 6.47. The number of fused-ring (bicyclic) bond motifs is 1. The largest absolute Gasteiger partial charge is 0.488 e. The van der Waals surface area contributed by atoms with Crippen molar-refractivity contribution in [2.24, 2.45) is 4.99 Å². The number of guanidine groups is 1. The highest BCUT2D eigenvalue weighted by atomic mass is 32.2. The first-order valence-corrected chi connectivity index (χ1v) is 10.9. The Bertz CT molecular complexity index is 755. The maximum atomic E-state index is 12.2. The number of aliphatic imine (C=N–C) groups is 1. The van der Waals surface area contributed by atoms with Gasteiger partial charge in [0, 0.05) is 41.8 Å². The zero-order valence-corrected chi connectivity index (χ0v) is 16.5. The van der Waals surface area contributed by atoms with Crippen LogP contribution in [0.15, 0.2) is 59.6 Å². The minimum atomic E-state index is -0.894. The van der Waals surface area contributed by atoms with Crippen LogP contribution >= 0.6 is 0 Å². The van der Waals surface area contributed by atoms with E-state index in [2.05, 4.69) is 21.7 Å². The van der Waals surface area contributed by atoms with Crippen LogP contribution in [0.25, 0.3) is 0 Å². The van der Waals surface area contributed by atoms with E-state index < -0.39 is 10.8 Å². The Hall–Kier alpha value is -2.34. The van der Waals surface area contributed by atoms with Crippen molar-refractivity contribution < 1.29 is 8.95 Å². The molecule has 1 heterocycles. The van der Waals surface area contributed by atoms with E-state index >= 15 is 0 Å². The summed E-state index contributed by atoms with van der Waals surface area (Å²) in [5.74, 6) is 2.88. The maximum absolute atomic E-state index is 12.2. The molecule has 27 heavy (non-hydrogen) atoms. The summed E-state index contributed by atoms with van der Waals surface area (Å²) in [5.41, 5.74) is 2.35. The Morgan fingerprint density at radius 3 is 2.70 bits per heavy atom. The van der Waals surface area contributed by atoms with Gasteiger partial charge in [0.15, 0.2) is 5.96 Å². The number of hydrogen-bond donors (Lipinski definition) is 2. The number of rotatable bonds is 8. The number of nitrogens with one attached hydrogen (secondary N) is 2. The van der Waals surface area contributed by atoms with Gasteiger partial charge in [-0.25, -0.2) is 4.99 Å². The fourth-order valence-electron chi connectivity index (χ4n) is 3.01. The molecule has 2 aromatic carbocycles. The van der Waals surface area contributed by atoms with E-state index in [1.165, 1.54) is 5.56 Å². The highest BCUT2D eigenvalue weighted by Crippen LogP contribution is 2.28. The minimum Gasteiger partial charge on any atom is -0.488 e. The second kappa shape index (κ2) is 10.1. The van der Waals surface area contributed by atoms with Gasteiger partial charge in [-0.1, -0.05) is 48.5 Å². The Labute approximate surface area is 163 Å². The minimum absolute atomic E-state index is 0.0741. The average Bonchev–Trinajstić information content (AvgIpc) is 3.10. The van der Waals surface area contributed by atoms with Crippen LogP contribution in [0.5, 0.6) is 5.75 Å². The number of nitrogens with zero attached hydrogens (tertiary/aromatic N) is 1. The summed E-state index contributed by atoms with van der Waals surface area (Å²) in [5, 5.41) is 6.51. The molecule has 0 amide bonds. The van der Waals surface area contributed by atoms with E-state index in [1.54, 1.807) is 0 Å². The topological polar surface area (TPSA) is 62.7 Å². The normalized spacial score (nSPS) is 17.1. The monoisotopic (exact) mass is 385 g/mol. The van der Waals surface area contributed by atoms with Crippen molar-refractivity contribution in [2.45, 2.75) is 25.2 Å². The van der Waals surface area contributed by atoms with Crippen molar-refractivity contribution in [3.63, 3.8) is 0 Å². The molecule has 2 atom stereocenters. The first-order valence-electron chi connectivity index (χ1n) is 9.40. The van der Waals surface area contributed by atoms with E-state index in [9.17, 15) is 4.21 Å². The van der Waals surface area contributed by atoms with Gasteiger partial charge in [-0.3, -0.25) is 4.21 Å². The molecule has 0 saturated carbocycles. The standard InChI is InChI=1S/C21H27N3O2S/c1-2-22-21(23-12-13-27(25)16-17-8-4-3-5-9-17)24-15-19-14-18-10-6-7-11-20(18)26-19/h3-11,19H,2,12-16H2,1H3,(H2,22,23,24). The van der Waals surface area contributed by atoms with Gasteiger partial charge in [0.25, 0.3) is 0 Å². The highest BCUT2D eigenvalue weighted by molar-refractivity contribution is 7.84. The fourth-order valence-corrected chi connectivity index (χ4v) is 4.04. The molecule has 6 heteroatoms. The van der Waals surface area contributed by atoms with Gasteiger partial charge < -0.3 is 15.4 Å². The molecule has 0 aliphatic carbocycles. The van der Waals surface area contributed by atoms with Crippen LogP contribution in [-0.2, 0) is 23.0 Å². The third-order valence-electron chi connectivity index (χ3n) is 4.30. The van der Waals surface area contributed by atoms with Crippen LogP contribution in [0.1, 0.15) is 18.1 Å². The highest BCUT2D eigenvalue weighted by Gasteiger charge is 2.21. The van der Waals surface area contributed by atoms with Crippen LogP contribution in [0, 0.1) is 0 Å². The van der Waals surface area contributed by atoms with Crippen LogP contribution in [0.4, 0.5) is 0 Å². The van der Waals surface area contributed by atoms with E-state index in [4.69, 9.17) is 4.74 Å². The molecule has 0 fully saturated rings. The summed E-state index contributed by atoms with van der Waals surface area (Å²) in [7, 11) is -0.894. The quantitative estimate of drug-likeness (QED) is 0.541. The van der Waals surface area contributed by atoms with Crippen molar-refractivity contribution in [1.29, 1.82) is 0 Å². The number of ether oxygens (including phenoxy) is 1. The summed E-state index contributed by atoms with van der Waals surface area (Å²) in [4.78, 5) is 4.63. The number of benzene rings is 2. The summed E-state index contributed by atoms with van der Waals surface area (Å²) in [6.45, 7) is 4.03. The predicted octanol–water partition coefficient (Wildman–Crippen LogP) is 2.49. The molecule has 0 spiro atoms. The molecule has 144 valence electrons. The van der Waals surface area contributed by atoms with Crippen LogP contribution in [-0.4, -0.2) is 41.7 Å². The molecule has 2 N–H and O–H groups in total. The van der Waals surface area contributed by atoms with E-state index in [0.29, 0.717) is 24.6 Å². The van der Waals surface area contributed by atoms with Gasteiger partial charge in [-0.2, -0.15) is 0 Å². The van der Waals surface area contributed by atoms with Crippen molar-refractivity contribution >= 4 is 16.8 Å². The second-order valence-corrected chi connectivity index (χ2v) is 8.05. The van der Waals surface area contributed by atoms with Crippen LogP contribution in [0.3, 0.4) is 0 Å². The molecule has 2 unspecified atom stereocenters. The van der Waals surface area contributed by atoms with Gasteiger partial charge >= 0.3 is 0 Å². The third-order valence-corrected chi connectivity index (χ3v) is 5.62. The molecule has 0 saturated heterocycles. The SMILES string of the molecule is CCNC(=NCC1Cc2ccccc2O1)NCCS(=O)Cc1ccccc1. The van der Waals surface area contributed by atoms with Gasteiger partial charge in [0.2, 0.25) is 0 Å². The molecule has 0 radical (unpaired) electrons. The van der Waals surface area contributed by atoms with Gasteiger partial charge in [-0.15, -0.1) is 0 Å². The van der Waals surface area contributed by atoms with Crippen molar-refractivity contribution in [2.75, 3.05) is 25.4 Å². The summed E-state index contributed by atoms with van der Waals surface area (Å²) in [6.07, 6.45) is 0.963. The molecule has 0 bridgehead atoms. The first-order chi connectivity index (χ1) is 13.2. The molecular formula is C21H27N3O2S. The molecule has 0 aromatic heterocycles. The Morgan fingerprint density at radius 1 is 1.15 bits per heavy atom. The number of hydrogen-bond acceptors (Lipinski definition) is 3. The zero-order chi connectivity index (χ0) is 18.9. The van der Waals surface area contributed by atoms with Crippen LogP contribution in [0.2, 0.25) is 0 Å². The number of para-hydroxylation sites is 1. The van der Waals surface area contributed by atoms with E-state index in [-0.39, 0.29) is 6.10 Å². The zero-order valence-electron chi connectivity index (χ0n) is 15.7. The van der Waals surface area contributed by atoms with Crippen molar-refractivity contribution in [1.82, 2.24) is 10.6 Å². The first kappa shape index (κ1) is 19.4. The fraction of sp³-hybridized carbons (Fsp3) is 0.381. The average molecular weight is 386 g/mol. The molecule has 1 aliphatic rings. The molecule has 2 aromatic rings. The Kier molecular flexibility index (Phi) is 7.27. The lowest BCUT2D eigenvalue weighted by Gasteiger charge is -2.13. The van der Waals surface area contributed by atoms with E-state index in [1.807, 2.05) is 55.5 Å². The van der Waals surface area contributed by atoms with Gasteiger partial charge in [0.1, 0.15) is 11.9 Å². The van der Waals surface area contributed by atoms with Crippen molar-refractivity contribution in [3.8, 4) is 5.75 Å². The predicted molar refractivity (Wildman–Crippen MR) is 112 cm³/mol. The van der Waals surface area contributed by atoms with Crippen LogP contribution < -0.4 is 15.4 Å².